The summed E-state index contributed by atoms with van der Waals surface area (Å²) in [7, 11) is -1.85. The molecule has 2 aliphatic heterocycles. The number of aryl methyl sites for hydroxylation is 1. The van der Waals surface area contributed by atoms with E-state index in [2.05, 4.69) is 20.4 Å². The molecule has 1 aromatic heterocycles. The van der Waals surface area contributed by atoms with Crippen LogP contribution in [0.25, 0.3) is 0 Å². The van der Waals surface area contributed by atoms with Crippen molar-refractivity contribution < 1.29 is 17.9 Å². The smallest absolute Gasteiger partial charge is 0.243 e. The molecule has 0 aliphatic carbocycles. The van der Waals surface area contributed by atoms with Crippen LogP contribution in [0.4, 0.5) is 11.4 Å². The quantitative estimate of drug-likeness (QED) is 0.606. The summed E-state index contributed by atoms with van der Waals surface area (Å²) in [6, 6.07) is 5.00. The lowest BCUT2D eigenvalue weighted by Crippen LogP contribution is -2.40. The minimum atomic E-state index is -3.66. The first-order valence-electron chi connectivity index (χ1n) is 10.2. The van der Waals surface area contributed by atoms with Crippen molar-refractivity contribution in [3.63, 3.8) is 0 Å². The van der Waals surface area contributed by atoms with Gasteiger partial charge >= 0.3 is 0 Å². The minimum Gasteiger partial charge on any atom is -0.379 e. The predicted octanol–water partition coefficient (Wildman–Crippen LogP) is 1.17. The highest BCUT2D eigenvalue weighted by atomic mass is 32.2. The van der Waals surface area contributed by atoms with Gasteiger partial charge in [0.05, 0.1) is 35.2 Å². The standard InChI is InChI=1S/C19H26N6O4S2/c1-23-14-20-22-19(23)30-13-18(26)21-16-12-15(4-5-17(16)24-6-2-3-7-24)31(27,28)25-8-10-29-11-9-25/h4-5,12,14H,2-3,6-11,13H2,1H3,(H,21,26). The molecule has 2 aromatic rings. The Morgan fingerprint density at radius 3 is 2.61 bits per heavy atom. The molecule has 2 aliphatic rings. The molecule has 2 saturated heterocycles. The Balaban J connectivity index is 1.56. The molecule has 1 N–H and O–H groups in total. The van der Waals surface area contributed by atoms with E-state index in [0.29, 0.717) is 37.1 Å². The van der Waals surface area contributed by atoms with Crippen molar-refractivity contribution in [3.8, 4) is 0 Å². The van der Waals surface area contributed by atoms with Crippen LogP contribution < -0.4 is 10.2 Å². The zero-order valence-electron chi connectivity index (χ0n) is 17.4. The summed E-state index contributed by atoms with van der Waals surface area (Å²) in [5.74, 6) is -0.0822. The summed E-state index contributed by atoms with van der Waals surface area (Å²) in [6.45, 7) is 3.18. The predicted molar refractivity (Wildman–Crippen MR) is 118 cm³/mol. The number of carbonyl (C=O) groups excluding carboxylic acids is 1. The Labute approximate surface area is 186 Å². The number of rotatable bonds is 7. The lowest BCUT2D eigenvalue weighted by molar-refractivity contribution is -0.113. The molecule has 10 nitrogen and oxygen atoms in total. The Morgan fingerprint density at radius 2 is 1.94 bits per heavy atom. The van der Waals surface area contributed by atoms with E-state index in [4.69, 9.17) is 4.74 Å². The van der Waals surface area contributed by atoms with Crippen molar-refractivity contribution in [3.05, 3.63) is 24.5 Å². The highest BCUT2D eigenvalue weighted by Gasteiger charge is 2.28. The number of nitrogens with one attached hydrogen (secondary N) is 1. The maximum atomic E-state index is 13.1. The van der Waals surface area contributed by atoms with E-state index in [1.165, 1.54) is 16.1 Å². The van der Waals surface area contributed by atoms with Gasteiger partial charge in [-0.2, -0.15) is 4.31 Å². The maximum absolute atomic E-state index is 13.1. The monoisotopic (exact) mass is 466 g/mol. The van der Waals surface area contributed by atoms with E-state index < -0.39 is 10.0 Å². The van der Waals surface area contributed by atoms with Gasteiger partial charge in [-0.25, -0.2) is 8.42 Å². The molecular weight excluding hydrogens is 440 g/mol. The fourth-order valence-corrected chi connectivity index (χ4v) is 5.79. The van der Waals surface area contributed by atoms with E-state index in [9.17, 15) is 13.2 Å². The molecule has 0 unspecified atom stereocenters. The van der Waals surface area contributed by atoms with E-state index >= 15 is 0 Å². The van der Waals surface area contributed by atoms with Gasteiger partial charge in [-0.15, -0.1) is 10.2 Å². The van der Waals surface area contributed by atoms with Crippen LogP contribution in [0.2, 0.25) is 0 Å². The second-order valence-corrected chi connectivity index (χ2v) is 10.3. The molecule has 2 fully saturated rings. The topological polar surface area (TPSA) is 110 Å². The highest BCUT2D eigenvalue weighted by Crippen LogP contribution is 2.32. The lowest BCUT2D eigenvalue weighted by atomic mass is 10.2. The van der Waals surface area contributed by atoms with Gasteiger partial charge in [0.15, 0.2) is 5.16 Å². The van der Waals surface area contributed by atoms with E-state index in [0.717, 1.165) is 31.6 Å². The first-order chi connectivity index (χ1) is 14.9. The maximum Gasteiger partial charge on any atom is 0.243 e. The van der Waals surface area contributed by atoms with Crippen LogP contribution in [-0.2, 0) is 26.6 Å². The van der Waals surface area contributed by atoms with Crippen molar-refractivity contribution in [2.45, 2.75) is 22.9 Å². The van der Waals surface area contributed by atoms with Crippen molar-refractivity contribution in [2.75, 3.05) is 55.4 Å². The van der Waals surface area contributed by atoms with Gasteiger partial charge in [-0.3, -0.25) is 4.79 Å². The van der Waals surface area contributed by atoms with Crippen LogP contribution in [0.15, 0.2) is 34.6 Å². The zero-order chi connectivity index (χ0) is 21.8. The van der Waals surface area contributed by atoms with Crippen molar-refractivity contribution in [1.82, 2.24) is 19.1 Å². The van der Waals surface area contributed by atoms with Crippen LogP contribution in [0, 0.1) is 0 Å². The molecule has 12 heteroatoms. The van der Waals surface area contributed by atoms with Crippen LogP contribution in [0.5, 0.6) is 0 Å². The number of aromatic nitrogens is 3. The third-order valence-electron chi connectivity index (χ3n) is 5.30. The van der Waals surface area contributed by atoms with Gasteiger partial charge in [0.2, 0.25) is 15.9 Å². The molecule has 0 saturated carbocycles. The van der Waals surface area contributed by atoms with Crippen molar-refractivity contribution in [1.29, 1.82) is 0 Å². The third-order valence-corrected chi connectivity index (χ3v) is 8.23. The van der Waals surface area contributed by atoms with Crippen molar-refractivity contribution >= 4 is 39.1 Å². The van der Waals surface area contributed by atoms with E-state index in [1.54, 1.807) is 29.1 Å². The number of thioether (sulfide) groups is 1. The van der Waals surface area contributed by atoms with Gasteiger partial charge in [0.1, 0.15) is 6.33 Å². The third kappa shape index (κ3) is 5.03. The average Bonchev–Trinajstić information content (AvgIpc) is 3.45. The number of anilines is 2. The molecule has 1 amide bonds. The SMILES string of the molecule is Cn1cnnc1SCC(=O)Nc1cc(S(=O)(=O)N2CCOCC2)ccc1N1CCCC1. The van der Waals surface area contributed by atoms with E-state index in [-0.39, 0.29) is 16.6 Å². The minimum absolute atomic E-state index is 0.145. The van der Waals surface area contributed by atoms with Crippen LogP contribution >= 0.6 is 11.8 Å². The summed E-state index contributed by atoms with van der Waals surface area (Å²) >= 11 is 1.27. The van der Waals surface area contributed by atoms with Crippen molar-refractivity contribution in [2.24, 2.45) is 7.05 Å². The molecule has 0 atom stereocenters. The van der Waals surface area contributed by atoms with Gasteiger partial charge in [-0.05, 0) is 31.0 Å². The summed E-state index contributed by atoms with van der Waals surface area (Å²) in [4.78, 5) is 15.0. The number of morpholine rings is 1. The van der Waals surface area contributed by atoms with Gasteiger partial charge in [0.25, 0.3) is 0 Å². The number of benzene rings is 1. The van der Waals surface area contributed by atoms with Crippen LogP contribution in [0.1, 0.15) is 12.8 Å². The Hall–Kier alpha value is -2.15. The van der Waals surface area contributed by atoms with Gasteiger partial charge in [0, 0.05) is 33.2 Å². The number of sulfonamides is 1. The first-order valence-corrected chi connectivity index (χ1v) is 12.6. The number of ether oxygens (including phenoxy) is 1. The lowest BCUT2D eigenvalue weighted by Gasteiger charge is -2.27. The fraction of sp³-hybridized carbons (Fsp3) is 0.526. The Kier molecular flexibility index (Phi) is 6.80. The zero-order valence-corrected chi connectivity index (χ0v) is 19.0. The van der Waals surface area contributed by atoms with Gasteiger partial charge in [-0.1, -0.05) is 11.8 Å². The molecule has 0 radical (unpaired) electrons. The molecular formula is C19H26N6O4S2. The molecule has 3 heterocycles. The number of hydrogen-bond acceptors (Lipinski definition) is 8. The molecule has 4 rings (SSSR count). The Bertz CT molecular complexity index is 1030. The molecule has 1 aromatic carbocycles. The molecule has 0 spiro atoms. The van der Waals surface area contributed by atoms with E-state index in [1.807, 2.05) is 7.05 Å². The largest absolute Gasteiger partial charge is 0.379 e. The number of nitrogens with zero attached hydrogens (tertiary/aromatic N) is 5. The average molecular weight is 467 g/mol. The second kappa shape index (κ2) is 9.55. The van der Waals surface area contributed by atoms with Gasteiger partial charge < -0.3 is 19.5 Å². The Morgan fingerprint density at radius 1 is 1.19 bits per heavy atom. The summed E-state index contributed by atoms with van der Waals surface area (Å²) in [5.41, 5.74) is 1.36. The first kappa shape index (κ1) is 22.1. The fourth-order valence-electron chi connectivity index (χ4n) is 3.67. The summed E-state index contributed by atoms with van der Waals surface area (Å²) in [5, 5.41) is 11.3. The van der Waals surface area contributed by atoms with Crippen LogP contribution in [-0.4, -0.2) is 78.5 Å². The second-order valence-electron chi connectivity index (χ2n) is 7.45. The number of carbonyl (C=O) groups is 1. The highest BCUT2D eigenvalue weighted by molar-refractivity contribution is 7.99. The normalized spacial score (nSPS) is 17.8. The molecule has 168 valence electrons. The van der Waals surface area contributed by atoms with Crippen LogP contribution in [0.3, 0.4) is 0 Å². The summed E-state index contributed by atoms with van der Waals surface area (Å²) in [6.07, 6.45) is 3.72. The number of amides is 1. The summed E-state index contributed by atoms with van der Waals surface area (Å²) < 4.78 is 34.6. The number of hydrogen-bond donors (Lipinski definition) is 1. The molecule has 31 heavy (non-hydrogen) atoms. The molecule has 0 bridgehead atoms.